The summed E-state index contributed by atoms with van der Waals surface area (Å²) < 4.78 is 24.1. The highest BCUT2D eigenvalue weighted by Crippen LogP contribution is 2.33. The highest BCUT2D eigenvalue weighted by atomic mass is 32.2. The molecule has 1 aromatic carbocycles. The number of hydrogen-bond acceptors (Lipinski definition) is 3. The standard InChI is InChI=1S/C10H11NO4S/c1-16(14,15)11-8-5-3-2-4-7(8)6-9(11)10(12)13/h2-5,9H,6H2,1H3,(H,12,13)/t9-/m0/s1. The van der Waals surface area contributed by atoms with E-state index in [9.17, 15) is 13.2 Å². The largest absolute Gasteiger partial charge is 0.480 e. The molecule has 16 heavy (non-hydrogen) atoms. The summed E-state index contributed by atoms with van der Waals surface area (Å²) in [5.74, 6) is -1.12. The smallest absolute Gasteiger partial charge is 0.327 e. The molecule has 1 N–H and O–H groups in total. The third-order valence-corrected chi connectivity index (χ3v) is 3.73. The van der Waals surface area contributed by atoms with Gasteiger partial charge < -0.3 is 5.11 Å². The lowest BCUT2D eigenvalue weighted by Gasteiger charge is -2.21. The number of benzene rings is 1. The Morgan fingerprint density at radius 1 is 1.44 bits per heavy atom. The Morgan fingerprint density at radius 3 is 2.62 bits per heavy atom. The maximum atomic E-state index is 11.6. The van der Waals surface area contributed by atoms with E-state index in [1.165, 1.54) is 0 Å². The highest BCUT2D eigenvalue weighted by Gasteiger charge is 2.39. The van der Waals surface area contributed by atoms with Crippen molar-refractivity contribution in [1.29, 1.82) is 0 Å². The molecule has 0 spiro atoms. The highest BCUT2D eigenvalue weighted by molar-refractivity contribution is 7.92. The summed E-state index contributed by atoms with van der Waals surface area (Å²) in [5.41, 5.74) is 1.22. The summed E-state index contributed by atoms with van der Waals surface area (Å²) in [4.78, 5) is 11.0. The predicted octanol–water partition coefficient (Wildman–Crippen LogP) is 0.462. The fraction of sp³-hybridized carbons (Fsp3) is 0.300. The zero-order valence-electron chi connectivity index (χ0n) is 8.62. The summed E-state index contributed by atoms with van der Waals surface area (Å²) in [6.45, 7) is 0. The van der Waals surface area contributed by atoms with E-state index < -0.39 is 22.0 Å². The number of carbonyl (C=O) groups is 1. The van der Waals surface area contributed by atoms with E-state index in [4.69, 9.17) is 5.11 Å². The number of para-hydroxylation sites is 1. The molecule has 0 saturated carbocycles. The van der Waals surface area contributed by atoms with Gasteiger partial charge >= 0.3 is 5.97 Å². The van der Waals surface area contributed by atoms with Crippen LogP contribution < -0.4 is 4.31 Å². The van der Waals surface area contributed by atoms with Crippen LogP contribution in [-0.2, 0) is 21.2 Å². The summed E-state index contributed by atoms with van der Waals surface area (Å²) in [7, 11) is -3.56. The van der Waals surface area contributed by atoms with E-state index in [0.29, 0.717) is 5.69 Å². The topological polar surface area (TPSA) is 74.7 Å². The molecule has 5 nitrogen and oxygen atoms in total. The van der Waals surface area contributed by atoms with Gasteiger partial charge in [-0.15, -0.1) is 0 Å². The molecule has 1 aliphatic rings. The van der Waals surface area contributed by atoms with Crippen LogP contribution >= 0.6 is 0 Å². The van der Waals surface area contributed by atoms with E-state index in [1.807, 2.05) is 0 Å². The average molecular weight is 241 g/mol. The molecule has 0 amide bonds. The molecule has 0 fully saturated rings. The van der Waals surface area contributed by atoms with Crippen molar-refractivity contribution in [2.75, 3.05) is 10.6 Å². The molecule has 0 aromatic heterocycles. The normalized spacial score (nSPS) is 19.6. The molecule has 86 valence electrons. The molecule has 1 aromatic rings. The number of carboxylic acid groups (broad SMARTS) is 1. The van der Waals surface area contributed by atoms with Crippen LogP contribution in [0.4, 0.5) is 5.69 Å². The number of nitrogens with zero attached hydrogens (tertiary/aromatic N) is 1. The molecule has 0 radical (unpaired) electrons. The van der Waals surface area contributed by atoms with Crippen molar-refractivity contribution in [3.8, 4) is 0 Å². The Hall–Kier alpha value is -1.56. The summed E-state index contributed by atoms with van der Waals surface area (Å²) in [6, 6.07) is 5.81. The van der Waals surface area contributed by atoms with Gasteiger partial charge in [0.15, 0.2) is 0 Å². The van der Waals surface area contributed by atoms with E-state index in [0.717, 1.165) is 16.1 Å². The van der Waals surface area contributed by atoms with Crippen molar-refractivity contribution < 1.29 is 18.3 Å². The van der Waals surface area contributed by atoms with Gasteiger partial charge in [0.25, 0.3) is 0 Å². The predicted molar refractivity (Wildman–Crippen MR) is 58.9 cm³/mol. The van der Waals surface area contributed by atoms with Gasteiger partial charge in [-0.3, -0.25) is 4.31 Å². The first-order valence-electron chi connectivity index (χ1n) is 4.71. The second kappa shape index (κ2) is 3.48. The van der Waals surface area contributed by atoms with Crippen LogP contribution in [-0.4, -0.2) is 31.8 Å². The first kappa shape index (κ1) is 10.9. The van der Waals surface area contributed by atoms with Crippen LogP contribution in [0.1, 0.15) is 5.56 Å². The SMILES string of the molecule is CS(=O)(=O)N1c2ccccc2C[C@H]1C(=O)O. The van der Waals surface area contributed by atoms with Crippen molar-refractivity contribution in [3.05, 3.63) is 29.8 Å². The van der Waals surface area contributed by atoms with Crippen LogP contribution in [0.5, 0.6) is 0 Å². The number of carboxylic acids is 1. The molecule has 1 aliphatic heterocycles. The average Bonchev–Trinajstić information content (AvgIpc) is 2.55. The van der Waals surface area contributed by atoms with Crippen LogP contribution in [0.15, 0.2) is 24.3 Å². The number of hydrogen-bond donors (Lipinski definition) is 1. The Labute approximate surface area is 93.4 Å². The maximum Gasteiger partial charge on any atom is 0.327 e. The Bertz CT molecular complexity index is 538. The Balaban J connectivity index is 2.57. The zero-order valence-corrected chi connectivity index (χ0v) is 9.44. The van der Waals surface area contributed by atoms with Gasteiger partial charge in [0, 0.05) is 6.42 Å². The third kappa shape index (κ3) is 1.65. The zero-order chi connectivity index (χ0) is 11.9. The molecule has 0 bridgehead atoms. The van der Waals surface area contributed by atoms with Crippen molar-refractivity contribution in [3.63, 3.8) is 0 Å². The number of aliphatic carboxylic acids is 1. The summed E-state index contributed by atoms with van der Waals surface area (Å²) in [6.07, 6.45) is 1.24. The van der Waals surface area contributed by atoms with Gasteiger partial charge in [-0.05, 0) is 11.6 Å². The van der Waals surface area contributed by atoms with Crippen molar-refractivity contribution in [2.45, 2.75) is 12.5 Å². The van der Waals surface area contributed by atoms with Gasteiger partial charge in [0.2, 0.25) is 10.0 Å². The minimum atomic E-state index is -3.56. The van der Waals surface area contributed by atoms with Crippen LogP contribution in [0, 0.1) is 0 Å². The van der Waals surface area contributed by atoms with E-state index in [1.54, 1.807) is 24.3 Å². The monoisotopic (exact) mass is 241 g/mol. The molecular weight excluding hydrogens is 230 g/mol. The molecule has 2 rings (SSSR count). The van der Waals surface area contributed by atoms with Gasteiger partial charge in [0.1, 0.15) is 6.04 Å². The molecule has 6 heteroatoms. The Kier molecular flexibility index (Phi) is 2.38. The first-order chi connectivity index (χ1) is 7.41. The van der Waals surface area contributed by atoms with Gasteiger partial charge in [0.05, 0.1) is 11.9 Å². The van der Waals surface area contributed by atoms with Crippen LogP contribution in [0.2, 0.25) is 0 Å². The second-order valence-corrected chi connectivity index (χ2v) is 5.61. The molecule has 0 aliphatic carbocycles. The lowest BCUT2D eigenvalue weighted by molar-refractivity contribution is -0.138. The number of anilines is 1. The van der Waals surface area contributed by atoms with Gasteiger partial charge in [-0.25, -0.2) is 13.2 Å². The van der Waals surface area contributed by atoms with Crippen molar-refractivity contribution in [2.24, 2.45) is 0 Å². The molecular formula is C10H11NO4S. The minimum Gasteiger partial charge on any atom is -0.480 e. The first-order valence-corrected chi connectivity index (χ1v) is 6.56. The summed E-state index contributed by atoms with van der Waals surface area (Å²) in [5, 5.41) is 9.01. The van der Waals surface area contributed by atoms with Crippen molar-refractivity contribution in [1.82, 2.24) is 0 Å². The van der Waals surface area contributed by atoms with Crippen LogP contribution in [0.3, 0.4) is 0 Å². The fourth-order valence-corrected chi connectivity index (χ4v) is 3.12. The number of fused-ring (bicyclic) bond motifs is 1. The van der Waals surface area contributed by atoms with E-state index in [-0.39, 0.29) is 6.42 Å². The second-order valence-electron chi connectivity index (χ2n) is 3.75. The van der Waals surface area contributed by atoms with Gasteiger partial charge in [-0.2, -0.15) is 0 Å². The molecule has 1 atom stereocenters. The summed E-state index contributed by atoms with van der Waals surface area (Å²) >= 11 is 0. The lowest BCUT2D eigenvalue weighted by Crippen LogP contribution is -2.42. The van der Waals surface area contributed by atoms with Gasteiger partial charge in [-0.1, -0.05) is 18.2 Å². The maximum absolute atomic E-state index is 11.6. The fourth-order valence-electron chi connectivity index (χ4n) is 1.95. The molecule has 0 saturated heterocycles. The quantitative estimate of drug-likeness (QED) is 0.816. The van der Waals surface area contributed by atoms with E-state index in [2.05, 4.69) is 0 Å². The number of sulfonamides is 1. The Morgan fingerprint density at radius 2 is 2.06 bits per heavy atom. The number of rotatable bonds is 2. The molecule has 0 unspecified atom stereocenters. The minimum absolute atomic E-state index is 0.221. The lowest BCUT2D eigenvalue weighted by atomic mass is 10.1. The van der Waals surface area contributed by atoms with Crippen LogP contribution in [0.25, 0.3) is 0 Å². The third-order valence-electron chi connectivity index (χ3n) is 2.57. The molecule has 1 heterocycles. The van der Waals surface area contributed by atoms with Crippen molar-refractivity contribution >= 4 is 21.7 Å². The van der Waals surface area contributed by atoms with E-state index >= 15 is 0 Å².